The Morgan fingerprint density at radius 3 is 2.03 bits per heavy atom. The van der Waals surface area contributed by atoms with E-state index in [1.54, 1.807) is 12.1 Å². The molecule has 0 aliphatic carbocycles. The third-order valence-electron chi connectivity index (χ3n) is 6.69. The number of hydrogen-bond donors (Lipinski definition) is 1. The zero-order valence-electron chi connectivity index (χ0n) is 23.1. The number of benzene rings is 1. The number of hydrogen-bond acceptors (Lipinski definition) is 2. The molecule has 1 aromatic heterocycles. The van der Waals surface area contributed by atoms with Crippen molar-refractivity contribution < 1.29 is 38.1 Å². The van der Waals surface area contributed by atoms with Gasteiger partial charge in [0.25, 0.3) is 5.91 Å². The van der Waals surface area contributed by atoms with E-state index in [2.05, 4.69) is 23.7 Å². The average Bonchev–Trinajstić information content (AvgIpc) is 2.89. The lowest BCUT2D eigenvalue weighted by Crippen LogP contribution is -3.00. The van der Waals surface area contributed by atoms with E-state index in [-0.39, 0.29) is 29.9 Å². The Morgan fingerprint density at radius 2 is 1.46 bits per heavy atom. The van der Waals surface area contributed by atoms with Gasteiger partial charge < -0.3 is 34.0 Å². The summed E-state index contributed by atoms with van der Waals surface area (Å²) in [4.78, 5) is 12.6. The molecular weight excluding hydrogens is 595 g/mol. The van der Waals surface area contributed by atoms with Crippen molar-refractivity contribution in [2.45, 2.75) is 117 Å². The fourth-order valence-electron chi connectivity index (χ4n) is 4.41. The first kappa shape index (κ1) is 33.7. The van der Waals surface area contributed by atoms with E-state index >= 15 is 0 Å². The first-order valence-corrected chi connectivity index (χ1v) is 14.7. The van der Waals surface area contributed by atoms with Gasteiger partial charge in [0.2, 0.25) is 0 Å². The van der Waals surface area contributed by atoms with Gasteiger partial charge in [-0.25, -0.2) is 4.57 Å². The fourth-order valence-corrected chi connectivity index (χ4v) is 4.67. The van der Waals surface area contributed by atoms with Crippen molar-refractivity contribution in [1.82, 2.24) is 5.32 Å². The summed E-state index contributed by atoms with van der Waals surface area (Å²) in [7, 11) is 0. The first-order chi connectivity index (χ1) is 17.6. The molecule has 0 saturated heterocycles. The molecule has 2 aromatic rings. The number of nitrogens with zero attached hydrogens (tertiary/aromatic N) is 1. The van der Waals surface area contributed by atoms with Crippen LogP contribution in [-0.4, -0.2) is 12.5 Å². The lowest BCUT2D eigenvalue weighted by atomic mass is 10.0. The Hall–Kier alpha value is -1.34. The molecule has 0 spiro atoms. The van der Waals surface area contributed by atoms with Crippen molar-refractivity contribution in [1.29, 1.82) is 0 Å². The van der Waals surface area contributed by atoms with E-state index < -0.39 is 0 Å². The van der Waals surface area contributed by atoms with Crippen molar-refractivity contribution in [3.63, 3.8) is 0 Å². The third kappa shape index (κ3) is 15.0. The smallest absolute Gasteiger partial charge is 0.253 e. The number of aryl methyl sites for hydroxylation is 1. The molecule has 1 amide bonds. The summed E-state index contributed by atoms with van der Waals surface area (Å²) in [6, 6.07) is 9.31. The van der Waals surface area contributed by atoms with E-state index in [4.69, 9.17) is 16.3 Å². The lowest BCUT2D eigenvalue weighted by molar-refractivity contribution is -0.694. The molecule has 37 heavy (non-hydrogen) atoms. The van der Waals surface area contributed by atoms with E-state index in [0.29, 0.717) is 23.7 Å². The van der Waals surface area contributed by atoms with Gasteiger partial charge in [-0.15, -0.1) is 0 Å². The molecule has 6 heteroatoms. The molecule has 0 radical (unpaired) electrons. The largest absolute Gasteiger partial charge is 1.00 e. The molecule has 0 fully saturated rings. The number of carbonyl (C=O) groups is 1. The van der Waals surface area contributed by atoms with Gasteiger partial charge in [-0.1, -0.05) is 102 Å². The molecule has 0 saturated carbocycles. The van der Waals surface area contributed by atoms with Crippen LogP contribution in [-0.2, 0) is 13.1 Å². The summed E-state index contributed by atoms with van der Waals surface area (Å²) < 4.78 is 7.95. The molecule has 0 unspecified atom stereocenters. The molecule has 0 aliphatic heterocycles. The normalized spacial score (nSPS) is 10.7. The Labute approximate surface area is 247 Å². The van der Waals surface area contributed by atoms with Crippen LogP contribution in [0.1, 0.15) is 120 Å². The lowest BCUT2D eigenvalue weighted by Gasteiger charge is -2.10. The van der Waals surface area contributed by atoms with E-state index in [1.807, 2.05) is 30.6 Å². The van der Waals surface area contributed by atoms with Crippen LogP contribution < -0.4 is 38.6 Å². The summed E-state index contributed by atoms with van der Waals surface area (Å²) in [6.07, 6.45) is 22.9. The number of carbonyl (C=O) groups excluding carboxylic acids is 1. The Kier molecular flexibility index (Phi) is 19.6. The third-order valence-corrected chi connectivity index (χ3v) is 7.00. The maximum atomic E-state index is 12.6. The number of nitrogens with one attached hydrogen (secondary N) is 1. The Morgan fingerprint density at radius 1 is 0.865 bits per heavy atom. The first-order valence-electron chi connectivity index (χ1n) is 14.3. The van der Waals surface area contributed by atoms with Crippen LogP contribution in [0.15, 0.2) is 42.7 Å². The zero-order valence-corrected chi connectivity index (χ0v) is 26.0. The van der Waals surface area contributed by atoms with Crippen molar-refractivity contribution >= 4 is 17.5 Å². The van der Waals surface area contributed by atoms with Gasteiger partial charge in [0, 0.05) is 18.2 Å². The molecule has 1 N–H and O–H groups in total. The second kappa shape index (κ2) is 21.6. The van der Waals surface area contributed by atoms with Crippen molar-refractivity contribution in [2.75, 3.05) is 6.61 Å². The molecule has 0 atom stereocenters. The van der Waals surface area contributed by atoms with Crippen LogP contribution in [0.4, 0.5) is 0 Å². The Bertz CT molecular complexity index is 878. The van der Waals surface area contributed by atoms with E-state index in [1.165, 1.54) is 83.5 Å². The van der Waals surface area contributed by atoms with Gasteiger partial charge in [0.15, 0.2) is 12.4 Å². The molecule has 0 aliphatic rings. The van der Waals surface area contributed by atoms with Gasteiger partial charge in [0.1, 0.15) is 12.3 Å². The number of ether oxygens (including phenoxy) is 1. The molecule has 2 rings (SSSR count). The molecule has 208 valence electrons. The molecule has 1 aromatic carbocycles. The van der Waals surface area contributed by atoms with E-state index in [0.717, 1.165) is 24.3 Å². The van der Waals surface area contributed by atoms with Crippen LogP contribution in [0, 0.1) is 0 Å². The number of unbranched alkanes of at least 4 members (excludes halogenated alkanes) is 13. The van der Waals surface area contributed by atoms with Crippen molar-refractivity contribution in [2.24, 2.45) is 0 Å². The highest BCUT2D eigenvalue weighted by Crippen LogP contribution is 2.23. The van der Waals surface area contributed by atoms with Gasteiger partial charge in [-0.2, -0.15) is 0 Å². The van der Waals surface area contributed by atoms with Gasteiger partial charge >= 0.3 is 0 Å². The van der Waals surface area contributed by atoms with Crippen LogP contribution in [0.5, 0.6) is 5.75 Å². The highest BCUT2D eigenvalue weighted by molar-refractivity contribution is 6.34. The fraction of sp³-hybridized carbons (Fsp3) is 0.613. The second-order valence-electron chi connectivity index (χ2n) is 9.81. The minimum absolute atomic E-state index is 0. The number of rotatable bonds is 20. The maximum Gasteiger partial charge on any atom is 0.253 e. The number of aromatic nitrogens is 1. The summed E-state index contributed by atoms with van der Waals surface area (Å²) >= 11 is 6.38. The second-order valence-corrected chi connectivity index (χ2v) is 10.2. The summed E-state index contributed by atoms with van der Waals surface area (Å²) in [5.74, 6) is 0.545. The molecular formula is C31H48ClIN2O2. The Balaban J connectivity index is 0.00000684. The highest BCUT2D eigenvalue weighted by Gasteiger charge is 2.12. The SMILES string of the molecule is CCCCCCCCCCCCCCCCOc1ccc(C(=O)NCc2ccc[n+](CC)c2)c(Cl)c1.[I-]. The summed E-state index contributed by atoms with van der Waals surface area (Å²) in [6.45, 7) is 6.41. The van der Waals surface area contributed by atoms with Crippen LogP contribution >= 0.6 is 11.6 Å². The van der Waals surface area contributed by atoms with Crippen molar-refractivity contribution in [3.8, 4) is 5.75 Å². The predicted octanol–water partition coefficient (Wildman–Crippen LogP) is 5.44. The highest BCUT2D eigenvalue weighted by atomic mass is 127. The molecule has 4 nitrogen and oxygen atoms in total. The molecule has 1 heterocycles. The summed E-state index contributed by atoms with van der Waals surface area (Å²) in [5.41, 5.74) is 1.52. The number of amides is 1. The van der Waals surface area contributed by atoms with Gasteiger partial charge in [-0.3, -0.25) is 4.79 Å². The van der Waals surface area contributed by atoms with Crippen LogP contribution in [0.2, 0.25) is 5.02 Å². The minimum atomic E-state index is -0.176. The average molecular weight is 643 g/mol. The van der Waals surface area contributed by atoms with Crippen LogP contribution in [0.25, 0.3) is 0 Å². The monoisotopic (exact) mass is 642 g/mol. The van der Waals surface area contributed by atoms with Gasteiger partial charge in [-0.05, 0) is 37.6 Å². The number of pyridine rings is 1. The molecule has 0 bridgehead atoms. The van der Waals surface area contributed by atoms with Crippen molar-refractivity contribution in [3.05, 3.63) is 58.9 Å². The minimum Gasteiger partial charge on any atom is -1.00 e. The summed E-state index contributed by atoms with van der Waals surface area (Å²) in [5, 5.41) is 3.37. The standard InChI is InChI=1S/C31H47ClN2O2.HI/c1-3-5-6-7-8-9-10-11-12-13-14-15-16-17-23-36-28-20-21-29(30(32)24-28)31(35)33-25-27-19-18-22-34(4-2)26-27;/h18-22,24,26H,3-17,23,25H2,1-2H3;1H. The predicted molar refractivity (Wildman–Crippen MR) is 151 cm³/mol. The van der Waals surface area contributed by atoms with E-state index in [9.17, 15) is 4.79 Å². The topological polar surface area (TPSA) is 42.2 Å². The van der Waals surface area contributed by atoms with Crippen LogP contribution in [0.3, 0.4) is 0 Å². The zero-order chi connectivity index (χ0) is 25.8. The number of halogens is 2. The van der Waals surface area contributed by atoms with Gasteiger partial charge in [0.05, 0.1) is 17.2 Å². The quantitative estimate of drug-likeness (QED) is 0.119. The maximum absolute atomic E-state index is 12.6.